The Kier molecular flexibility index (Phi) is 5.16. The molecule has 2 N–H and O–H groups in total. The van der Waals surface area contributed by atoms with Crippen molar-refractivity contribution in [3.63, 3.8) is 0 Å². The molecule has 3 rings (SSSR count). The van der Waals surface area contributed by atoms with Crippen LogP contribution in [0.4, 0.5) is 0 Å². The molecular weight excluding hydrogens is 316 g/mol. The van der Waals surface area contributed by atoms with Crippen LogP contribution in [0.1, 0.15) is 42.6 Å². The lowest BCUT2D eigenvalue weighted by Crippen LogP contribution is -2.27. The van der Waals surface area contributed by atoms with Crippen molar-refractivity contribution in [3.8, 4) is 5.69 Å². The number of nitrogens with zero attached hydrogens (tertiary/aromatic N) is 2. The summed E-state index contributed by atoms with van der Waals surface area (Å²) in [5, 5.41) is 10.2. The second-order valence-corrected chi connectivity index (χ2v) is 6.94. The topological polar surface area (TPSA) is 76.0 Å². The summed E-state index contributed by atoms with van der Waals surface area (Å²) in [6, 6.07) is 7.32. The molecule has 1 aliphatic carbocycles. The van der Waals surface area contributed by atoms with Crippen LogP contribution in [0.3, 0.4) is 0 Å². The fourth-order valence-electron chi connectivity index (χ4n) is 2.44. The van der Waals surface area contributed by atoms with E-state index < -0.39 is 0 Å². The summed E-state index contributed by atoms with van der Waals surface area (Å²) in [6.45, 7) is 5.28. The third-order valence-corrected chi connectivity index (χ3v) is 4.12. The van der Waals surface area contributed by atoms with Gasteiger partial charge in [0.1, 0.15) is 0 Å². The molecule has 132 valence electrons. The standard InChI is InChI=1S/C19H24N4O2/c1-13(2)9-20-18(24)16-5-7-17(8-6-16)23-12-14(11-22-23)10-21-19(25)15-3-4-15/h5-8,11-13,15H,3-4,9-10H2,1-2H3,(H,20,24)(H,21,25). The molecule has 0 spiro atoms. The Morgan fingerprint density at radius 1 is 1.20 bits per heavy atom. The molecule has 1 aromatic carbocycles. The van der Waals surface area contributed by atoms with Crippen LogP contribution in [-0.4, -0.2) is 28.1 Å². The Morgan fingerprint density at radius 2 is 1.92 bits per heavy atom. The van der Waals surface area contributed by atoms with Crippen molar-refractivity contribution in [2.24, 2.45) is 11.8 Å². The molecule has 1 saturated carbocycles. The molecule has 0 saturated heterocycles. The van der Waals surface area contributed by atoms with Gasteiger partial charge in [-0.25, -0.2) is 4.68 Å². The van der Waals surface area contributed by atoms with Gasteiger partial charge in [-0.1, -0.05) is 13.8 Å². The van der Waals surface area contributed by atoms with Crippen molar-refractivity contribution in [3.05, 3.63) is 47.8 Å². The van der Waals surface area contributed by atoms with Gasteiger partial charge in [0.15, 0.2) is 0 Å². The average molecular weight is 340 g/mol. The summed E-state index contributed by atoms with van der Waals surface area (Å²) in [4.78, 5) is 23.7. The molecule has 1 heterocycles. The summed E-state index contributed by atoms with van der Waals surface area (Å²) in [7, 11) is 0. The fraction of sp³-hybridized carbons (Fsp3) is 0.421. The summed E-state index contributed by atoms with van der Waals surface area (Å²) in [5.74, 6) is 0.698. The summed E-state index contributed by atoms with van der Waals surface area (Å²) in [6.07, 6.45) is 5.64. The van der Waals surface area contributed by atoms with Crippen LogP contribution in [0.5, 0.6) is 0 Å². The molecular formula is C19H24N4O2. The van der Waals surface area contributed by atoms with Crippen LogP contribution in [0.25, 0.3) is 5.69 Å². The lowest BCUT2D eigenvalue weighted by molar-refractivity contribution is -0.122. The molecule has 2 amide bonds. The monoisotopic (exact) mass is 340 g/mol. The molecule has 0 unspecified atom stereocenters. The summed E-state index contributed by atoms with van der Waals surface area (Å²) in [5.41, 5.74) is 2.46. The van der Waals surface area contributed by atoms with E-state index in [1.165, 1.54) is 0 Å². The summed E-state index contributed by atoms with van der Waals surface area (Å²) < 4.78 is 1.74. The van der Waals surface area contributed by atoms with Crippen LogP contribution >= 0.6 is 0 Å². The highest BCUT2D eigenvalue weighted by Gasteiger charge is 2.29. The first-order chi connectivity index (χ1) is 12.0. The molecule has 0 bridgehead atoms. The number of carbonyl (C=O) groups excluding carboxylic acids is 2. The molecule has 6 heteroatoms. The highest BCUT2D eigenvalue weighted by molar-refractivity contribution is 5.94. The molecule has 1 aliphatic rings. The van der Waals surface area contributed by atoms with Crippen molar-refractivity contribution in [2.75, 3.05) is 6.54 Å². The Bertz CT molecular complexity index is 745. The van der Waals surface area contributed by atoms with Gasteiger partial charge in [0, 0.05) is 36.3 Å². The zero-order valence-electron chi connectivity index (χ0n) is 14.7. The smallest absolute Gasteiger partial charge is 0.251 e. The van der Waals surface area contributed by atoms with Crippen molar-refractivity contribution in [1.29, 1.82) is 0 Å². The summed E-state index contributed by atoms with van der Waals surface area (Å²) >= 11 is 0. The van der Waals surface area contributed by atoms with Gasteiger partial charge in [0.25, 0.3) is 5.91 Å². The van der Waals surface area contributed by atoms with Gasteiger partial charge in [-0.05, 0) is 43.0 Å². The highest BCUT2D eigenvalue weighted by atomic mass is 16.2. The van der Waals surface area contributed by atoms with E-state index in [0.717, 1.165) is 24.1 Å². The second-order valence-electron chi connectivity index (χ2n) is 6.94. The average Bonchev–Trinajstić information content (AvgIpc) is 3.36. The molecule has 0 radical (unpaired) electrons. The van der Waals surface area contributed by atoms with E-state index in [2.05, 4.69) is 29.6 Å². The number of amides is 2. The zero-order valence-corrected chi connectivity index (χ0v) is 14.7. The number of carbonyl (C=O) groups is 2. The number of benzene rings is 1. The van der Waals surface area contributed by atoms with Crippen LogP contribution in [-0.2, 0) is 11.3 Å². The lowest BCUT2D eigenvalue weighted by atomic mass is 10.1. The first kappa shape index (κ1) is 17.2. The van der Waals surface area contributed by atoms with Crippen molar-refractivity contribution >= 4 is 11.8 Å². The van der Waals surface area contributed by atoms with Crippen molar-refractivity contribution in [1.82, 2.24) is 20.4 Å². The third kappa shape index (κ3) is 4.68. The SMILES string of the molecule is CC(C)CNC(=O)c1ccc(-n2cc(CNC(=O)C3CC3)cn2)cc1. The van der Waals surface area contributed by atoms with Crippen molar-refractivity contribution in [2.45, 2.75) is 33.2 Å². The van der Waals surface area contributed by atoms with Crippen LogP contribution < -0.4 is 10.6 Å². The Hall–Kier alpha value is -2.63. The van der Waals surface area contributed by atoms with E-state index in [1.807, 2.05) is 18.3 Å². The van der Waals surface area contributed by atoms with Gasteiger partial charge < -0.3 is 10.6 Å². The Balaban J connectivity index is 1.58. The minimum atomic E-state index is -0.0656. The molecule has 0 atom stereocenters. The van der Waals surface area contributed by atoms with Crippen LogP contribution in [0.15, 0.2) is 36.7 Å². The maximum Gasteiger partial charge on any atom is 0.251 e. The number of hydrogen-bond donors (Lipinski definition) is 2. The number of aromatic nitrogens is 2. The van der Waals surface area contributed by atoms with E-state index in [1.54, 1.807) is 23.0 Å². The maximum absolute atomic E-state index is 12.0. The second kappa shape index (κ2) is 7.51. The highest BCUT2D eigenvalue weighted by Crippen LogP contribution is 2.28. The normalized spacial score (nSPS) is 13.7. The van der Waals surface area contributed by atoms with Gasteiger partial charge in [-0.2, -0.15) is 5.10 Å². The Morgan fingerprint density at radius 3 is 2.56 bits per heavy atom. The van der Waals surface area contributed by atoms with E-state index >= 15 is 0 Å². The van der Waals surface area contributed by atoms with Gasteiger partial charge >= 0.3 is 0 Å². The van der Waals surface area contributed by atoms with Gasteiger partial charge in [0.05, 0.1) is 11.9 Å². The fourth-order valence-corrected chi connectivity index (χ4v) is 2.44. The molecule has 1 fully saturated rings. The largest absolute Gasteiger partial charge is 0.352 e. The van der Waals surface area contributed by atoms with Crippen LogP contribution in [0.2, 0.25) is 0 Å². The first-order valence-corrected chi connectivity index (χ1v) is 8.73. The maximum atomic E-state index is 12.0. The first-order valence-electron chi connectivity index (χ1n) is 8.73. The van der Waals surface area contributed by atoms with Crippen molar-refractivity contribution < 1.29 is 9.59 Å². The number of rotatable bonds is 7. The molecule has 1 aromatic heterocycles. The van der Waals surface area contributed by atoms with E-state index in [4.69, 9.17) is 0 Å². The molecule has 2 aromatic rings. The molecule has 6 nitrogen and oxygen atoms in total. The minimum absolute atomic E-state index is 0.0656. The third-order valence-electron chi connectivity index (χ3n) is 4.12. The molecule has 0 aliphatic heterocycles. The van der Waals surface area contributed by atoms with Crippen LogP contribution in [0, 0.1) is 11.8 Å². The van der Waals surface area contributed by atoms with Gasteiger partial charge in [-0.3, -0.25) is 9.59 Å². The Labute approximate surface area is 147 Å². The quantitative estimate of drug-likeness (QED) is 0.812. The van der Waals surface area contributed by atoms with E-state index in [-0.39, 0.29) is 17.7 Å². The van der Waals surface area contributed by atoms with E-state index in [0.29, 0.717) is 24.6 Å². The number of hydrogen-bond acceptors (Lipinski definition) is 3. The predicted octanol–water partition coefficient (Wildman–Crippen LogP) is 2.28. The predicted molar refractivity (Wildman–Crippen MR) is 95.3 cm³/mol. The minimum Gasteiger partial charge on any atom is -0.352 e. The van der Waals surface area contributed by atoms with E-state index in [9.17, 15) is 9.59 Å². The lowest BCUT2D eigenvalue weighted by Gasteiger charge is -2.08. The number of nitrogens with one attached hydrogen (secondary N) is 2. The van der Waals surface area contributed by atoms with Gasteiger partial charge in [0.2, 0.25) is 5.91 Å². The molecule has 25 heavy (non-hydrogen) atoms. The zero-order chi connectivity index (χ0) is 17.8. The van der Waals surface area contributed by atoms with Gasteiger partial charge in [-0.15, -0.1) is 0 Å².